The van der Waals surface area contributed by atoms with E-state index in [-0.39, 0.29) is 13.0 Å². The molecule has 0 saturated heterocycles. The lowest BCUT2D eigenvalue weighted by atomic mass is 10.2. The van der Waals surface area contributed by atoms with E-state index in [1.807, 2.05) is 18.2 Å². The Hall–Kier alpha value is -4.88. The summed E-state index contributed by atoms with van der Waals surface area (Å²) in [5, 5.41) is 13.7. The molecule has 0 amide bonds. The minimum Gasteiger partial charge on any atom is -0.481 e. The summed E-state index contributed by atoms with van der Waals surface area (Å²) in [4.78, 5) is 46.3. The van der Waals surface area contributed by atoms with Gasteiger partial charge in [-0.05, 0) is 115 Å². The van der Waals surface area contributed by atoms with Gasteiger partial charge < -0.3 is 31.0 Å². The highest BCUT2D eigenvalue weighted by molar-refractivity contribution is 5.55. The number of methoxy groups -OCH3 is 1. The number of hydrogen-bond acceptors (Lipinski definition) is 13. The van der Waals surface area contributed by atoms with Gasteiger partial charge in [-0.2, -0.15) is 29.9 Å². The molecule has 4 fully saturated rings. The Balaban J connectivity index is 0.000000175. The van der Waals surface area contributed by atoms with Crippen LogP contribution in [0.15, 0.2) is 41.2 Å². The fourth-order valence-corrected chi connectivity index (χ4v) is 6.15. The number of hydrogen-bond donors (Lipinski definition) is 5. The first-order valence-corrected chi connectivity index (χ1v) is 18.5. The number of aromatic nitrogens is 8. The third kappa shape index (κ3) is 10.1. The van der Waals surface area contributed by atoms with E-state index in [0.29, 0.717) is 101 Å². The number of pyridine rings is 2. The third-order valence-corrected chi connectivity index (χ3v) is 10.2. The molecule has 0 unspecified atom stereocenters. The smallest absolute Gasteiger partial charge is 0.248 e. The first-order valence-electron chi connectivity index (χ1n) is 18.5. The van der Waals surface area contributed by atoms with E-state index in [2.05, 4.69) is 88.8 Å². The molecule has 0 aliphatic heterocycles. The van der Waals surface area contributed by atoms with Crippen LogP contribution in [0.5, 0.6) is 5.88 Å². The van der Waals surface area contributed by atoms with Crippen molar-refractivity contribution in [1.29, 1.82) is 0 Å². The maximum Gasteiger partial charge on any atom is 0.248 e. The SMILES string of the molecule is C.COc1cccc(-c2nc(N[C@H](C)C3CC3)nc(N[C@H](C)C3CC3)n2)n1.C[C@@H](Nc1nc(N[C@H](C)C2CC2)nc(-c2cccc(=O)[nH]2)n1)C1CC1. The summed E-state index contributed by atoms with van der Waals surface area (Å²) in [5.41, 5.74) is 1.11. The molecule has 4 heterocycles. The molecule has 4 aliphatic rings. The van der Waals surface area contributed by atoms with Crippen LogP contribution in [0.2, 0.25) is 0 Å². The zero-order valence-corrected chi connectivity index (χ0v) is 30.2. The normalized spacial score (nSPS) is 18.7. The van der Waals surface area contributed by atoms with Gasteiger partial charge in [0.05, 0.1) is 12.8 Å². The second kappa shape index (κ2) is 16.2. The average molecular weight is 711 g/mol. The highest BCUT2D eigenvalue weighted by Gasteiger charge is 2.32. The lowest BCUT2D eigenvalue weighted by Gasteiger charge is -2.17. The summed E-state index contributed by atoms with van der Waals surface area (Å²) in [6.45, 7) is 8.69. The number of nitrogens with one attached hydrogen (secondary N) is 5. The number of ether oxygens (including phenoxy) is 1. The first-order chi connectivity index (χ1) is 24.7. The summed E-state index contributed by atoms with van der Waals surface area (Å²) in [5.74, 6) is 6.70. The van der Waals surface area contributed by atoms with Crippen molar-refractivity contribution >= 4 is 23.8 Å². The standard InChI is InChI=1S/C19H26N6O.C18H24N6O.CH4/c1-11(13-7-8-13)20-18-23-17(15-5-4-6-16(22-15)26-3)24-19(25-18)21-12(2)14-9-10-14;1-10(12-6-7-12)19-17-22-16(14-4-3-5-15(25)21-14)23-18(24-17)20-11(2)13-8-9-13;/h4-6,11-14H,7-10H2,1-3H3,(H2,20,21,23,24,25);3-5,10-13H,6-9H2,1-2H3,(H,21,25)(H2,19,20,22,23,24);1H4/t11-,12-;10-,11-;/m11./s1. The van der Waals surface area contributed by atoms with E-state index >= 15 is 0 Å². The lowest BCUT2D eigenvalue weighted by molar-refractivity contribution is 0.398. The van der Waals surface area contributed by atoms with Crippen LogP contribution in [0.4, 0.5) is 23.8 Å². The molecule has 4 aliphatic carbocycles. The first kappa shape index (κ1) is 36.9. The fourth-order valence-electron chi connectivity index (χ4n) is 6.15. The van der Waals surface area contributed by atoms with Crippen molar-refractivity contribution in [3.05, 3.63) is 46.8 Å². The van der Waals surface area contributed by atoms with E-state index < -0.39 is 0 Å². The van der Waals surface area contributed by atoms with Gasteiger partial charge in [-0.25, -0.2) is 4.98 Å². The molecule has 8 rings (SSSR count). The van der Waals surface area contributed by atoms with E-state index in [4.69, 9.17) is 4.74 Å². The summed E-state index contributed by atoms with van der Waals surface area (Å²) in [6, 6.07) is 12.0. The quantitative estimate of drug-likeness (QED) is 0.0886. The van der Waals surface area contributed by atoms with Gasteiger partial charge in [0.15, 0.2) is 11.6 Å². The molecule has 14 nitrogen and oxygen atoms in total. The number of H-pyrrole nitrogens is 1. The largest absolute Gasteiger partial charge is 0.481 e. The Labute approximate surface area is 306 Å². The molecule has 0 spiro atoms. The van der Waals surface area contributed by atoms with Gasteiger partial charge in [-0.15, -0.1) is 0 Å². The Bertz CT molecular complexity index is 1780. The predicted molar refractivity (Wildman–Crippen MR) is 205 cm³/mol. The van der Waals surface area contributed by atoms with Crippen molar-refractivity contribution in [1.82, 2.24) is 39.9 Å². The second-order valence-electron chi connectivity index (χ2n) is 14.7. The third-order valence-electron chi connectivity index (χ3n) is 10.2. The lowest BCUT2D eigenvalue weighted by Crippen LogP contribution is -2.23. The number of nitrogens with zero attached hydrogens (tertiary/aromatic N) is 7. The maximum absolute atomic E-state index is 11.6. The van der Waals surface area contributed by atoms with Crippen LogP contribution in [-0.2, 0) is 0 Å². The van der Waals surface area contributed by atoms with Crippen LogP contribution in [0.25, 0.3) is 23.0 Å². The van der Waals surface area contributed by atoms with Gasteiger partial charge >= 0.3 is 0 Å². The molecule has 0 aromatic carbocycles. The van der Waals surface area contributed by atoms with Crippen molar-refractivity contribution in [3.8, 4) is 28.9 Å². The molecule has 4 saturated carbocycles. The molecular formula is C38H54N12O2. The zero-order chi connectivity index (χ0) is 35.5. The second-order valence-corrected chi connectivity index (χ2v) is 14.7. The van der Waals surface area contributed by atoms with Crippen LogP contribution in [0, 0.1) is 23.7 Å². The van der Waals surface area contributed by atoms with Crippen LogP contribution in [0.3, 0.4) is 0 Å². The van der Waals surface area contributed by atoms with Gasteiger partial charge in [0.25, 0.3) is 0 Å². The zero-order valence-electron chi connectivity index (χ0n) is 30.2. The Kier molecular flexibility index (Phi) is 11.5. The number of anilines is 4. The topological polar surface area (TPSA) is 180 Å². The average Bonchev–Trinajstić information content (AvgIpc) is 3.95. The van der Waals surface area contributed by atoms with Crippen molar-refractivity contribution in [2.24, 2.45) is 23.7 Å². The Morgan fingerprint density at radius 1 is 0.577 bits per heavy atom. The van der Waals surface area contributed by atoms with Crippen molar-refractivity contribution in [3.63, 3.8) is 0 Å². The predicted octanol–water partition coefficient (Wildman–Crippen LogP) is 6.65. The Morgan fingerprint density at radius 2 is 0.981 bits per heavy atom. The maximum atomic E-state index is 11.6. The van der Waals surface area contributed by atoms with E-state index in [9.17, 15) is 4.79 Å². The Morgan fingerprint density at radius 3 is 1.37 bits per heavy atom. The molecule has 4 atom stereocenters. The highest BCUT2D eigenvalue weighted by Crippen LogP contribution is 2.36. The van der Waals surface area contributed by atoms with Crippen LogP contribution in [-0.4, -0.2) is 71.1 Å². The van der Waals surface area contributed by atoms with Crippen molar-refractivity contribution in [2.45, 2.75) is 111 Å². The molecule has 278 valence electrons. The van der Waals surface area contributed by atoms with Gasteiger partial charge in [0, 0.05) is 36.3 Å². The van der Waals surface area contributed by atoms with Gasteiger partial charge in [0.2, 0.25) is 35.2 Å². The highest BCUT2D eigenvalue weighted by atomic mass is 16.5. The molecule has 0 bridgehead atoms. The van der Waals surface area contributed by atoms with Gasteiger partial charge in [-0.3, -0.25) is 4.79 Å². The fraction of sp³-hybridized carbons (Fsp3) is 0.579. The van der Waals surface area contributed by atoms with Gasteiger partial charge in [-0.1, -0.05) is 19.6 Å². The monoisotopic (exact) mass is 710 g/mol. The number of rotatable bonds is 15. The van der Waals surface area contributed by atoms with Crippen LogP contribution >= 0.6 is 0 Å². The van der Waals surface area contributed by atoms with Gasteiger partial charge in [0.1, 0.15) is 5.69 Å². The van der Waals surface area contributed by atoms with Crippen LogP contribution < -0.4 is 31.6 Å². The van der Waals surface area contributed by atoms with Crippen molar-refractivity contribution < 1.29 is 4.74 Å². The molecular weight excluding hydrogens is 656 g/mol. The van der Waals surface area contributed by atoms with E-state index in [1.54, 1.807) is 19.2 Å². The molecule has 0 radical (unpaired) electrons. The molecule has 52 heavy (non-hydrogen) atoms. The summed E-state index contributed by atoms with van der Waals surface area (Å²) in [7, 11) is 1.61. The minimum atomic E-state index is -0.167. The van der Waals surface area contributed by atoms with E-state index in [1.165, 1.54) is 57.4 Å². The van der Waals surface area contributed by atoms with Crippen molar-refractivity contribution in [2.75, 3.05) is 28.4 Å². The minimum absolute atomic E-state index is 0. The molecule has 14 heteroatoms. The van der Waals surface area contributed by atoms with Crippen LogP contribution in [0.1, 0.15) is 86.5 Å². The summed E-state index contributed by atoms with van der Waals surface area (Å²) in [6.07, 6.45) is 10.1. The molecule has 4 aromatic heterocycles. The van der Waals surface area contributed by atoms with E-state index in [0.717, 1.165) is 0 Å². The summed E-state index contributed by atoms with van der Waals surface area (Å²) >= 11 is 0. The molecule has 5 N–H and O–H groups in total. The summed E-state index contributed by atoms with van der Waals surface area (Å²) < 4.78 is 5.23. The molecule has 4 aromatic rings. The number of aromatic amines is 1.